The molecular formula is C12H11BrN2O3S. The maximum Gasteiger partial charge on any atom is 0.182 e. The van der Waals surface area contributed by atoms with E-state index in [0.29, 0.717) is 20.9 Å². The fourth-order valence-electron chi connectivity index (χ4n) is 1.87. The Balaban J connectivity index is 2.03. The first kappa shape index (κ1) is 12.7. The highest BCUT2D eigenvalue weighted by Crippen LogP contribution is 2.37. The maximum absolute atomic E-state index is 12.2. The van der Waals surface area contributed by atoms with Gasteiger partial charge in [0.15, 0.2) is 21.4 Å². The molecule has 1 aliphatic rings. The molecule has 3 rings (SSSR count). The fraction of sp³-hybridized carbons (Fsp3) is 0.250. The van der Waals surface area contributed by atoms with E-state index < -0.39 is 9.84 Å². The van der Waals surface area contributed by atoms with Gasteiger partial charge in [0.05, 0.1) is 10.1 Å². The van der Waals surface area contributed by atoms with Gasteiger partial charge in [0.25, 0.3) is 0 Å². The van der Waals surface area contributed by atoms with Crippen LogP contribution in [0, 0.1) is 0 Å². The van der Waals surface area contributed by atoms with Crippen LogP contribution >= 0.6 is 15.9 Å². The van der Waals surface area contributed by atoms with Crippen molar-refractivity contribution >= 4 is 31.6 Å². The number of nitrogens with zero attached hydrogens (tertiary/aromatic N) is 1. The molecule has 2 N–H and O–H groups in total. The number of hydrogen-bond donors (Lipinski definition) is 1. The van der Waals surface area contributed by atoms with Crippen LogP contribution in [0.2, 0.25) is 0 Å². The van der Waals surface area contributed by atoms with Gasteiger partial charge in [0, 0.05) is 16.1 Å². The molecule has 19 heavy (non-hydrogen) atoms. The Labute approximate surface area is 118 Å². The summed E-state index contributed by atoms with van der Waals surface area (Å²) in [6.07, 6.45) is 1.49. The largest absolute Gasteiger partial charge is 0.381 e. The summed E-state index contributed by atoms with van der Waals surface area (Å²) >= 11 is 3.31. The van der Waals surface area contributed by atoms with Crippen molar-refractivity contribution in [2.75, 3.05) is 5.73 Å². The molecule has 0 saturated heterocycles. The Kier molecular flexibility index (Phi) is 2.90. The molecule has 0 bridgehead atoms. The van der Waals surface area contributed by atoms with Gasteiger partial charge in [-0.25, -0.2) is 8.42 Å². The molecule has 1 heterocycles. The third kappa shape index (κ3) is 2.28. The van der Waals surface area contributed by atoms with Crippen LogP contribution in [0.4, 0.5) is 5.82 Å². The third-order valence-electron chi connectivity index (χ3n) is 3.01. The van der Waals surface area contributed by atoms with Gasteiger partial charge < -0.3 is 10.3 Å². The lowest BCUT2D eigenvalue weighted by molar-refractivity contribution is 0.436. The van der Waals surface area contributed by atoms with Crippen molar-refractivity contribution in [2.45, 2.75) is 23.0 Å². The normalized spacial score (nSPS) is 15.6. The molecule has 1 fully saturated rings. The highest BCUT2D eigenvalue weighted by molar-refractivity contribution is 9.10. The fourth-order valence-corrected chi connectivity index (χ4v) is 4.63. The van der Waals surface area contributed by atoms with E-state index in [2.05, 4.69) is 21.1 Å². The first-order valence-corrected chi connectivity index (χ1v) is 8.08. The zero-order chi connectivity index (χ0) is 13.6. The Hall–Kier alpha value is -1.34. The Morgan fingerprint density at radius 2 is 2.05 bits per heavy atom. The average molecular weight is 343 g/mol. The van der Waals surface area contributed by atoms with Crippen molar-refractivity contribution < 1.29 is 12.9 Å². The molecule has 1 aromatic heterocycles. The van der Waals surface area contributed by atoms with Gasteiger partial charge in [-0.15, -0.1) is 0 Å². The van der Waals surface area contributed by atoms with Crippen molar-refractivity contribution in [2.24, 2.45) is 0 Å². The van der Waals surface area contributed by atoms with E-state index in [-0.39, 0.29) is 5.25 Å². The summed E-state index contributed by atoms with van der Waals surface area (Å²) in [5.41, 5.74) is 6.22. The quantitative estimate of drug-likeness (QED) is 0.926. The molecule has 0 aliphatic heterocycles. The van der Waals surface area contributed by atoms with Crippen molar-refractivity contribution in [3.05, 3.63) is 28.7 Å². The van der Waals surface area contributed by atoms with E-state index in [1.54, 1.807) is 24.3 Å². The molecular weight excluding hydrogens is 332 g/mol. The number of nitrogen functional groups attached to an aromatic ring is 1. The highest BCUT2D eigenvalue weighted by atomic mass is 79.9. The number of benzene rings is 1. The Morgan fingerprint density at radius 3 is 2.58 bits per heavy atom. The highest BCUT2D eigenvalue weighted by Gasteiger charge is 2.37. The zero-order valence-corrected chi connectivity index (χ0v) is 12.2. The molecule has 0 amide bonds. The van der Waals surface area contributed by atoms with Crippen molar-refractivity contribution in [1.82, 2.24) is 5.16 Å². The number of nitrogens with two attached hydrogens (primary N) is 1. The molecule has 2 aromatic rings. The summed E-state index contributed by atoms with van der Waals surface area (Å²) in [5.74, 6) is 0.800. The molecule has 0 radical (unpaired) electrons. The summed E-state index contributed by atoms with van der Waals surface area (Å²) < 4.78 is 29.9. The van der Waals surface area contributed by atoms with Crippen LogP contribution in [0.1, 0.15) is 12.8 Å². The Morgan fingerprint density at radius 1 is 1.32 bits per heavy atom. The molecule has 0 unspecified atom stereocenters. The van der Waals surface area contributed by atoms with Crippen LogP contribution < -0.4 is 5.73 Å². The molecule has 1 aliphatic carbocycles. The second kappa shape index (κ2) is 4.35. The lowest BCUT2D eigenvalue weighted by atomic mass is 10.2. The third-order valence-corrected chi connectivity index (χ3v) is 6.25. The van der Waals surface area contributed by atoms with E-state index in [9.17, 15) is 8.42 Å². The van der Waals surface area contributed by atoms with Gasteiger partial charge >= 0.3 is 0 Å². The van der Waals surface area contributed by atoms with Crippen molar-refractivity contribution in [1.29, 1.82) is 0 Å². The standard InChI is InChI=1S/C12H11BrN2O3S/c13-9-5-7(10-6-12(14)15-18-10)1-4-11(9)19(16,17)8-2-3-8/h1,4-6,8H,2-3H2,(H2,14,15). The van der Waals surface area contributed by atoms with E-state index in [0.717, 1.165) is 18.4 Å². The molecule has 0 spiro atoms. The first-order chi connectivity index (χ1) is 8.98. The van der Waals surface area contributed by atoms with E-state index in [1.807, 2.05) is 0 Å². The number of aromatic nitrogens is 1. The van der Waals surface area contributed by atoms with Crippen molar-refractivity contribution in [3.63, 3.8) is 0 Å². The molecule has 7 heteroatoms. The first-order valence-electron chi connectivity index (χ1n) is 5.74. The maximum atomic E-state index is 12.2. The van der Waals surface area contributed by atoms with E-state index >= 15 is 0 Å². The minimum Gasteiger partial charge on any atom is -0.381 e. The average Bonchev–Trinajstić information content (AvgIpc) is 3.12. The van der Waals surface area contributed by atoms with Gasteiger partial charge in [0.2, 0.25) is 0 Å². The van der Waals surface area contributed by atoms with E-state index in [4.69, 9.17) is 10.3 Å². The SMILES string of the molecule is Nc1cc(-c2ccc(S(=O)(=O)C3CC3)c(Br)c2)on1. The van der Waals surface area contributed by atoms with Gasteiger partial charge in [-0.2, -0.15) is 0 Å². The van der Waals surface area contributed by atoms with E-state index in [1.165, 1.54) is 0 Å². The molecule has 100 valence electrons. The molecule has 1 saturated carbocycles. The predicted molar refractivity (Wildman–Crippen MR) is 74.3 cm³/mol. The summed E-state index contributed by atoms with van der Waals surface area (Å²) in [6.45, 7) is 0. The second-order valence-electron chi connectivity index (χ2n) is 4.51. The van der Waals surface area contributed by atoms with Crippen LogP contribution in [0.3, 0.4) is 0 Å². The van der Waals surface area contributed by atoms with Crippen LogP contribution in [0.5, 0.6) is 0 Å². The smallest absolute Gasteiger partial charge is 0.182 e. The zero-order valence-electron chi connectivity index (χ0n) is 9.84. The number of hydrogen-bond acceptors (Lipinski definition) is 5. The molecule has 5 nitrogen and oxygen atoms in total. The minimum absolute atomic E-state index is 0.226. The van der Waals surface area contributed by atoms with Gasteiger partial charge in [-0.1, -0.05) is 5.16 Å². The van der Waals surface area contributed by atoms with Crippen LogP contribution in [0.25, 0.3) is 11.3 Å². The summed E-state index contributed by atoms with van der Waals surface area (Å²) in [4.78, 5) is 0.325. The van der Waals surface area contributed by atoms with Crippen molar-refractivity contribution in [3.8, 4) is 11.3 Å². The summed E-state index contributed by atoms with van der Waals surface area (Å²) in [5, 5.41) is 3.37. The monoisotopic (exact) mass is 342 g/mol. The number of rotatable bonds is 3. The van der Waals surface area contributed by atoms with Crippen LogP contribution in [-0.4, -0.2) is 18.8 Å². The van der Waals surface area contributed by atoms with Crippen LogP contribution in [0.15, 0.2) is 38.2 Å². The van der Waals surface area contributed by atoms with Gasteiger partial charge in [-0.05, 0) is 47.0 Å². The number of sulfone groups is 1. The Bertz CT molecular complexity index is 735. The lowest BCUT2D eigenvalue weighted by Gasteiger charge is -2.06. The number of anilines is 1. The summed E-state index contributed by atoms with van der Waals surface area (Å²) in [6, 6.07) is 6.58. The second-order valence-corrected chi connectivity index (χ2v) is 7.56. The van der Waals surface area contributed by atoms with Gasteiger partial charge in [0.1, 0.15) is 0 Å². The minimum atomic E-state index is -3.21. The lowest BCUT2D eigenvalue weighted by Crippen LogP contribution is -2.07. The molecule has 1 aromatic carbocycles. The summed E-state index contributed by atoms with van der Waals surface area (Å²) in [7, 11) is -3.21. The number of halogens is 1. The molecule has 0 atom stereocenters. The predicted octanol–water partition coefficient (Wildman–Crippen LogP) is 2.62. The van der Waals surface area contributed by atoms with Gasteiger partial charge in [-0.3, -0.25) is 0 Å². The van der Waals surface area contributed by atoms with Crippen LogP contribution in [-0.2, 0) is 9.84 Å². The topological polar surface area (TPSA) is 86.2 Å².